The lowest BCUT2D eigenvalue weighted by Gasteiger charge is -2.12. The van der Waals surface area contributed by atoms with Gasteiger partial charge in [-0.15, -0.1) is 0 Å². The predicted octanol–water partition coefficient (Wildman–Crippen LogP) is 0.835. The number of aromatic nitrogens is 2. The second-order valence-corrected chi connectivity index (χ2v) is 4.65. The van der Waals surface area contributed by atoms with Crippen LogP contribution in [0.3, 0.4) is 0 Å². The van der Waals surface area contributed by atoms with Crippen LogP contribution in [-0.2, 0) is 11.2 Å². The molecule has 0 unspecified atom stereocenters. The van der Waals surface area contributed by atoms with Crippen LogP contribution in [0.1, 0.15) is 18.7 Å². The number of hydrogen-bond donors (Lipinski definition) is 0. The van der Waals surface area contributed by atoms with Crippen LogP contribution in [0, 0.1) is 0 Å². The molecule has 8 heteroatoms. The van der Waals surface area contributed by atoms with E-state index in [1.807, 2.05) is 0 Å². The van der Waals surface area contributed by atoms with Gasteiger partial charge in [-0.05, 0) is 25.0 Å². The molecule has 124 valence electrons. The van der Waals surface area contributed by atoms with Gasteiger partial charge in [0.25, 0.3) is 0 Å². The van der Waals surface area contributed by atoms with Crippen molar-refractivity contribution >= 4 is 5.97 Å². The van der Waals surface area contributed by atoms with Gasteiger partial charge in [0.1, 0.15) is 0 Å². The minimum Gasteiger partial charge on any atom is -0.550 e. The first-order valence-electron chi connectivity index (χ1n) is 6.91. The van der Waals surface area contributed by atoms with Crippen LogP contribution in [0.5, 0.6) is 17.2 Å². The Kier molecular flexibility index (Phi) is 5.40. The Bertz CT molecular complexity index is 657. The van der Waals surface area contributed by atoms with Crippen LogP contribution in [-0.4, -0.2) is 37.4 Å². The standard InChI is InChI=1S/C15H18N2O6/c1-20-10-7-9(8-11(21-2)14(10)22-3)15-16-12(23-17-15)5-4-6-13(18)19/h7-8H,4-6H2,1-3H3,(H,18,19)/p-1. The second kappa shape index (κ2) is 7.48. The number of carboxylic acid groups (broad SMARTS) is 1. The summed E-state index contributed by atoms with van der Waals surface area (Å²) in [5.74, 6) is 1.03. The summed E-state index contributed by atoms with van der Waals surface area (Å²) in [5.41, 5.74) is 0.634. The molecule has 1 aromatic carbocycles. The normalized spacial score (nSPS) is 10.4. The zero-order chi connectivity index (χ0) is 16.8. The highest BCUT2D eigenvalue weighted by atomic mass is 16.5. The van der Waals surface area contributed by atoms with E-state index in [0.717, 1.165) is 0 Å². The Balaban J connectivity index is 2.24. The van der Waals surface area contributed by atoms with Crippen molar-refractivity contribution < 1.29 is 28.6 Å². The lowest BCUT2D eigenvalue weighted by atomic mass is 10.1. The molecule has 1 aromatic heterocycles. The zero-order valence-electron chi connectivity index (χ0n) is 13.1. The number of carbonyl (C=O) groups is 1. The first-order chi connectivity index (χ1) is 11.1. The molecule has 1 heterocycles. The van der Waals surface area contributed by atoms with Gasteiger partial charge in [0.15, 0.2) is 11.5 Å². The van der Waals surface area contributed by atoms with Crippen LogP contribution >= 0.6 is 0 Å². The van der Waals surface area contributed by atoms with Crippen LogP contribution in [0.2, 0.25) is 0 Å². The van der Waals surface area contributed by atoms with E-state index < -0.39 is 5.97 Å². The Hall–Kier alpha value is -2.77. The molecular weight excluding hydrogens is 304 g/mol. The summed E-state index contributed by atoms with van der Waals surface area (Å²) in [6, 6.07) is 3.41. The number of ether oxygens (including phenoxy) is 3. The third-order valence-electron chi connectivity index (χ3n) is 3.16. The molecule has 0 aliphatic carbocycles. The topological polar surface area (TPSA) is 107 Å². The minimum atomic E-state index is -1.10. The van der Waals surface area contributed by atoms with E-state index in [1.165, 1.54) is 21.3 Å². The molecule has 0 fully saturated rings. The zero-order valence-corrected chi connectivity index (χ0v) is 13.1. The monoisotopic (exact) mass is 321 g/mol. The van der Waals surface area contributed by atoms with Gasteiger partial charge >= 0.3 is 0 Å². The Morgan fingerprint density at radius 2 is 1.83 bits per heavy atom. The second-order valence-electron chi connectivity index (χ2n) is 4.65. The van der Waals surface area contributed by atoms with Crippen molar-refractivity contribution in [3.8, 4) is 28.6 Å². The van der Waals surface area contributed by atoms with Gasteiger partial charge in [0.05, 0.1) is 21.3 Å². The van der Waals surface area contributed by atoms with E-state index in [-0.39, 0.29) is 6.42 Å². The molecule has 0 N–H and O–H groups in total. The fourth-order valence-electron chi connectivity index (χ4n) is 2.07. The van der Waals surface area contributed by atoms with Gasteiger partial charge < -0.3 is 28.6 Å². The van der Waals surface area contributed by atoms with Crippen LogP contribution in [0.25, 0.3) is 11.4 Å². The number of carboxylic acids is 1. The Labute approximate surface area is 133 Å². The summed E-state index contributed by atoms with van der Waals surface area (Å²) in [4.78, 5) is 14.6. The maximum atomic E-state index is 10.4. The fourth-order valence-corrected chi connectivity index (χ4v) is 2.07. The molecule has 8 nitrogen and oxygen atoms in total. The van der Waals surface area contributed by atoms with Gasteiger partial charge in [-0.2, -0.15) is 4.98 Å². The fraction of sp³-hybridized carbons (Fsp3) is 0.400. The van der Waals surface area contributed by atoms with Crippen molar-refractivity contribution in [2.45, 2.75) is 19.3 Å². The van der Waals surface area contributed by atoms with Crippen molar-refractivity contribution in [1.29, 1.82) is 0 Å². The third-order valence-corrected chi connectivity index (χ3v) is 3.16. The van der Waals surface area contributed by atoms with Gasteiger partial charge in [-0.1, -0.05) is 5.16 Å². The number of rotatable bonds is 8. The maximum Gasteiger partial charge on any atom is 0.226 e. The Morgan fingerprint density at radius 3 is 2.35 bits per heavy atom. The van der Waals surface area contributed by atoms with E-state index in [4.69, 9.17) is 18.7 Å². The molecule has 0 radical (unpaired) electrons. The average molecular weight is 321 g/mol. The lowest BCUT2D eigenvalue weighted by Crippen LogP contribution is -2.21. The molecule has 0 saturated heterocycles. The number of hydrogen-bond acceptors (Lipinski definition) is 8. The predicted molar refractivity (Wildman–Crippen MR) is 77.3 cm³/mol. The highest BCUT2D eigenvalue weighted by Gasteiger charge is 2.17. The molecular formula is C15H17N2O6-. The minimum absolute atomic E-state index is 0.0537. The van der Waals surface area contributed by atoms with Crippen molar-refractivity contribution in [3.05, 3.63) is 18.0 Å². The van der Waals surface area contributed by atoms with E-state index >= 15 is 0 Å². The molecule has 2 rings (SSSR count). The van der Waals surface area contributed by atoms with E-state index in [9.17, 15) is 9.90 Å². The molecule has 0 spiro atoms. The molecule has 0 bridgehead atoms. The number of carbonyl (C=O) groups excluding carboxylic acids is 1. The van der Waals surface area contributed by atoms with Crippen molar-refractivity contribution in [2.24, 2.45) is 0 Å². The van der Waals surface area contributed by atoms with Crippen molar-refractivity contribution in [3.63, 3.8) is 0 Å². The summed E-state index contributed by atoms with van der Waals surface area (Å²) in [7, 11) is 4.55. The van der Waals surface area contributed by atoms with Crippen molar-refractivity contribution in [2.75, 3.05) is 21.3 Å². The van der Waals surface area contributed by atoms with Gasteiger partial charge in [-0.25, -0.2) is 0 Å². The average Bonchev–Trinajstić information content (AvgIpc) is 3.01. The summed E-state index contributed by atoms with van der Waals surface area (Å²) < 4.78 is 20.9. The number of aliphatic carboxylic acids is 1. The summed E-state index contributed by atoms with van der Waals surface area (Å²) in [6.07, 6.45) is 0.687. The first kappa shape index (κ1) is 16.6. The highest BCUT2D eigenvalue weighted by molar-refractivity contribution is 5.66. The molecule has 2 aromatic rings. The molecule has 0 saturated carbocycles. The quantitative estimate of drug-likeness (QED) is 0.704. The lowest BCUT2D eigenvalue weighted by molar-refractivity contribution is -0.305. The van der Waals surface area contributed by atoms with E-state index in [0.29, 0.717) is 47.4 Å². The van der Waals surface area contributed by atoms with E-state index in [2.05, 4.69) is 10.1 Å². The number of methoxy groups -OCH3 is 3. The van der Waals surface area contributed by atoms with Gasteiger partial charge in [-0.3, -0.25) is 0 Å². The number of nitrogens with zero attached hydrogens (tertiary/aromatic N) is 2. The third kappa shape index (κ3) is 3.91. The molecule has 0 amide bonds. The maximum absolute atomic E-state index is 10.4. The largest absolute Gasteiger partial charge is 0.550 e. The van der Waals surface area contributed by atoms with Gasteiger partial charge in [0, 0.05) is 18.0 Å². The summed E-state index contributed by atoms with van der Waals surface area (Å²) in [6.45, 7) is 0. The Morgan fingerprint density at radius 1 is 1.17 bits per heavy atom. The van der Waals surface area contributed by atoms with Crippen molar-refractivity contribution in [1.82, 2.24) is 10.1 Å². The highest BCUT2D eigenvalue weighted by Crippen LogP contribution is 2.40. The number of aryl methyl sites for hydroxylation is 1. The van der Waals surface area contributed by atoms with Crippen LogP contribution in [0.4, 0.5) is 0 Å². The van der Waals surface area contributed by atoms with Gasteiger partial charge in [0.2, 0.25) is 17.5 Å². The SMILES string of the molecule is COc1cc(-c2noc(CCCC(=O)[O-])n2)cc(OC)c1OC. The first-order valence-corrected chi connectivity index (χ1v) is 6.91. The van der Waals surface area contributed by atoms with Crippen LogP contribution in [0.15, 0.2) is 16.7 Å². The molecule has 0 aliphatic heterocycles. The molecule has 0 aliphatic rings. The number of benzene rings is 1. The van der Waals surface area contributed by atoms with E-state index in [1.54, 1.807) is 12.1 Å². The van der Waals surface area contributed by atoms with Crippen LogP contribution < -0.4 is 19.3 Å². The summed E-state index contributed by atoms with van der Waals surface area (Å²) >= 11 is 0. The summed E-state index contributed by atoms with van der Waals surface area (Å²) in [5, 5.41) is 14.3. The molecule has 0 atom stereocenters. The smallest absolute Gasteiger partial charge is 0.226 e. The molecule has 23 heavy (non-hydrogen) atoms.